The van der Waals surface area contributed by atoms with Crippen molar-refractivity contribution in [3.63, 3.8) is 0 Å². The summed E-state index contributed by atoms with van der Waals surface area (Å²) in [6, 6.07) is 2.71. The fourth-order valence-electron chi connectivity index (χ4n) is 2.37. The highest BCUT2D eigenvalue weighted by atomic mass is 19.4. The summed E-state index contributed by atoms with van der Waals surface area (Å²) in [7, 11) is 1.87. The van der Waals surface area contributed by atoms with Crippen LogP contribution in [0.15, 0.2) is 12.1 Å². The first-order valence-electron chi connectivity index (χ1n) is 5.37. The quantitative estimate of drug-likeness (QED) is 0.653. The summed E-state index contributed by atoms with van der Waals surface area (Å²) < 4.78 is 40.4. The lowest BCUT2D eigenvalue weighted by molar-refractivity contribution is -0.137. The fourth-order valence-corrected chi connectivity index (χ4v) is 2.37. The third kappa shape index (κ3) is 1.63. The normalized spacial score (nSPS) is 12.4. The molecule has 0 N–H and O–H groups in total. The third-order valence-electron chi connectivity index (χ3n) is 3.53. The molecule has 0 radical (unpaired) electrons. The zero-order valence-corrected chi connectivity index (χ0v) is 10.2. The first-order valence-corrected chi connectivity index (χ1v) is 5.37. The molecule has 0 saturated carbocycles. The molecule has 2 rings (SSSR count). The molecule has 1 aromatic carbocycles. The molecule has 1 nitrogen and oxygen atoms in total. The van der Waals surface area contributed by atoms with Crippen molar-refractivity contribution < 1.29 is 13.2 Å². The number of hydrogen-bond donors (Lipinski definition) is 0. The first kappa shape index (κ1) is 12.0. The highest BCUT2D eigenvalue weighted by Gasteiger charge is 2.33. The molecule has 1 aromatic heterocycles. The van der Waals surface area contributed by atoms with Gasteiger partial charge in [-0.25, -0.2) is 0 Å². The summed E-state index contributed by atoms with van der Waals surface area (Å²) in [5.41, 5.74) is 2.55. The molecule has 4 heteroatoms. The van der Waals surface area contributed by atoms with Crippen LogP contribution in [-0.4, -0.2) is 4.57 Å². The molecule has 0 bridgehead atoms. The van der Waals surface area contributed by atoms with Gasteiger partial charge in [0.05, 0.1) is 5.56 Å². The number of fused-ring (bicyclic) bond motifs is 1. The average Bonchev–Trinajstić information content (AvgIpc) is 2.43. The standard InChI is InChI=1S/C13H14F3N/c1-7-9(3)17(4)11-6-5-10(13(14,15)16)8(2)12(7)11/h5-6H,1-4H3. The van der Waals surface area contributed by atoms with E-state index in [0.717, 1.165) is 28.2 Å². The fraction of sp³-hybridized carbons (Fsp3) is 0.385. The number of halogens is 3. The Morgan fingerprint density at radius 3 is 2.12 bits per heavy atom. The van der Waals surface area contributed by atoms with Gasteiger partial charge in [-0.1, -0.05) is 0 Å². The van der Waals surface area contributed by atoms with Crippen LogP contribution >= 0.6 is 0 Å². The van der Waals surface area contributed by atoms with Gasteiger partial charge in [0.15, 0.2) is 0 Å². The van der Waals surface area contributed by atoms with E-state index >= 15 is 0 Å². The van der Waals surface area contributed by atoms with Crippen molar-refractivity contribution in [2.75, 3.05) is 0 Å². The van der Waals surface area contributed by atoms with Gasteiger partial charge >= 0.3 is 6.18 Å². The summed E-state index contributed by atoms with van der Waals surface area (Å²) in [5.74, 6) is 0. The molecule has 1 heterocycles. The van der Waals surface area contributed by atoms with E-state index in [9.17, 15) is 13.2 Å². The predicted octanol–water partition coefficient (Wildman–Crippen LogP) is 4.12. The Bertz CT molecular complexity index is 591. The van der Waals surface area contributed by atoms with E-state index in [0.29, 0.717) is 5.56 Å². The van der Waals surface area contributed by atoms with Crippen LogP contribution in [0.25, 0.3) is 10.9 Å². The summed E-state index contributed by atoms with van der Waals surface area (Å²) in [6.07, 6.45) is -4.28. The lowest BCUT2D eigenvalue weighted by atomic mass is 10.0. The lowest BCUT2D eigenvalue weighted by Crippen LogP contribution is -2.07. The molecule has 0 aliphatic carbocycles. The van der Waals surface area contributed by atoms with E-state index < -0.39 is 11.7 Å². The molecular formula is C13H14F3N. The minimum absolute atomic E-state index is 0.316. The van der Waals surface area contributed by atoms with Gasteiger partial charge in [0.2, 0.25) is 0 Å². The van der Waals surface area contributed by atoms with E-state index in [-0.39, 0.29) is 0 Å². The van der Waals surface area contributed by atoms with Crippen molar-refractivity contribution in [2.24, 2.45) is 7.05 Å². The van der Waals surface area contributed by atoms with Crippen molar-refractivity contribution in [2.45, 2.75) is 26.9 Å². The van der Waals surface area contributed by atoms with Gasteiger partial charge in [0.1, 0.15) is 0 Å². The molecule has 17 heavy (non-hydrogen) atoms. The number of aryl methyl sites for hydroxylation is 3. The van der Waals surface area contributed by atoms with Crippen LogP contribution in [0.1, 0.15) is 22.4 Å². The minimum Gasteiger partial charge on any atom is -0.348 e. The third-order valence-corrected chi connectivity index (χ3v) is 3.53. The van der Waals surface area contributed by atoms with Crippen molar-refractivity contribution in [1.29, 1.82) is 0 Å². The van der Waals surface area contributed by atoms with Crippen LogP contribution in [0.2, 0.25) is 0 Å². The molecule has 0 aliphatic heterocycles. The Kier molecular flexibility index (Phi) is 2.49. The van der Waals surface area contributed by atoms with E-state index in [1.54, 1.807) is 6.07 Å². The molecule has 0 spiro atoms. The van der Waals surface area contributed by atoms with Crippen LogP contribution in [-0.2, 0) is 13.2 Å². The predicted molar refractivity (Wildman–Crippen MR) is 62.1 cm³/mol. The van der Waals surface area contributed by atoms with Crippen LogP contribution in [0, 0.1) is 20.8 Å². The Morgan fingerprint density at radius 2 is 1.59 bits per heavy atom. The monoisotopic (exact) mass is 241 g/mol. The van der Waals surface area contributed by atoms with Crippen LogP contribution in [0.5, 0.6) is 0 Å². The van der Waals surface area contributed by atoms with Gasteiger partial charge < -0.3 is 4.57 Å². The molecule has 0 amide bonds. The van der Waals surface area contributed by atoms with E-state index in [1.165, 1.54) is 6.92 Å². The largest absolute Gasteiger partial charge is 0.416 e. The maximum atomic E-state index is 12.8. The van der Waals surface area contributed by atoms with Gasteiger partial charge in [-0.2, -0.15) is 13.2 Å². The van der Waals surface area contributed by atoms with Crippen molar-refractivity contribution in [3.8, 4) is 0 Å². The second kappa shape index (κ2) is 3.52. The van der Waals surface area contributed by atoms with Crippen molar-refractivity contribution >= 4 is 10.9 Å². The van der Waals surface area contributed by atoms with E-state index in [4.69, 9.17) is 0 Å². The van der Waals surface area contributed by atoms with Crippen molar-refractivity contribution in [3.05, 3.63) is 34.5 Å². The van der Waals surface area contributed by atoms with E-state index in [2.05, 4.69) is 0 Å². The Labute approximate surface area is 97.9 Å². The Balaban J connectivity index is 2.90. The maximum Gasteiger partial charge on any atom is 0.416 e. The molecule has 2 aromatic rings. The number of alkyl halides is 3. The molecule has 0 aliphatic rings. The summed E-state index contributed by atoms with van der Waals surface area (Å²) in [5, 5.41) is 0.722. The summed E-state index contributed by atoms with van der Waals surface area (Å²) >= 11 is 0. The second-order valence-corrected chi connectivity index (χ2v) is 4.40. The highest BCUT2D eigenvalue weighted by Crippen LogP contribution is 2.37. The van der Waals surface area contributed by atoms with Gasteiger partial charge in [-0.15, -0.1) is 0 Å². The van der Waals surface area contributed by atoms with Crippen LogP contribution in [0.4, 0.5) is 13.2 Å². The smallest absolute Gasteiger partial charge is 0.348 e. The average molecular weight is 241 g/mol. The van der Waals surface area contributed by atoms with Crippen LogP contribution < -0.4 is 0 Å². The first-order chi connectivity index (χ1) is 7.75. The number of rotatable bonds is 0. The zero-order chi connectivity index (χ0) is 13.0. The number of aromatic nitrogens is 1. The number of hydrogen-bond acceptors (Lipinski definition) is 0. The van der Waals surface area contributed by atoms with Crippen LogP contribution in [0.3, 0.4) is 0 Å². The topological polar surface area (TPSA) is 4.93 Å². The maximum absolute atomic E-state index is 12.8. The molecule has 0 unspecified atom stereocenters. The van der Waals surface area contributed by atoms with Gasteiger partial charge in [0.25, 0.3) is 0 Å². The van der Waals surface area contributed by atoms with E-state index in [1.807, 2.05) is 25.5 Å². The summed E-state index contributed by atoms with van der Waals surface area (Å²) in [6.45, 7) is 5.32. The Hall–Kier alpha value is -1.45. The van der Waals surface area contributed by atoms with Crippen molar-refractivity contribution in [1.82, 2.24) is 4.57 Å². The second-order valence-electron chi connectivity index (χ2n) is 4.40. The summed E-state index contributed by atoms with van der Waals surface area (Å²) in [4.78, 5) is 0. The highest BCUT2D eigenvalue weighted by molar-refractivity contribution is 5.89. The molecule has 0 saturated heterocycles. The minimum atomic E-state index is -4.28. The molecule has 0 atom stereocenters. The van der Waals surface area contributed by atoms with Gasteiger partial charge in [-0.3, -0.25) is 0 Å². The molecular weight excluding hydrogens is 227 g/mol. The Morgan fingerprint density at radius 1 is 1.00 bits per heavy atom. The SMILES string of the molecule is Cc1c(C(F)(F)F)ccc2c1c(C)c(C)n2C. The van der Waals surface area contributed by atoms with Gasteiger partial charge in [0, 0.05) is 23.6 Å². The van der Waals surface area contributed by atoms with Gasteiger partial charge in [-0.05, 0) is 44.0 Å². The molecule has 0 fully saturated rings. The lowest BCUT2D eigenvalue weighted by Gasteiger charge is -2.11. The number of nitrogens with zero attached hydrogens (tertiary/aromatic N) is 1. The number of benzene rings is 1. The molecule has 92 valence electrons. The zero-order valence-electron chi connectivity index (χ0n) is 10.2.